The van der Waals surface area contributed by atoms with E-state index in [1.165, 1.54) is 0 Å². The number of halogens is 1. The van der Waals surface area contributed by atoms with Gasteiger partial charge in [0.1, 0.15) is 5.65 Å². The molecule has 0 aliphatic carbocycles. The summed E-state index contributed by atoms with van der Waals surface area (Å²) in [6.45, 7) is 3.81. The third-order valence-corrected chi connectivity index (χ3v) is 4.31. The van der Waals surface area contributed by atoms with Crippen molar-refractivity contribution in [1.29, 1.82) is 0 Å². The Bertz CT molecular complexity index is 759. The zero-order valence-corrected chi connectivity index (χ0v) is 12.2. The van der Waals surface area contributed by atoms with E-state index in [1.807, 2.05) is 42.6 Å². The third-order valence-electron chi connectivity index (χ3n) is 3.16. The van der Waals surface area contributed by atoms with Crippen LogP contribution in [0, 0.1) is 13.8 Å². The van der Waals surface area contributed by atoms with E-state index in [2.05, 4.69) is 26.0 Å². The van der Waals surface area contributed by atoms with Gasteiger partial charge in [-0.2, -0.15) is 5.10 Å². The maximum atomic E-state index is 9.62. The summed E-state index contributed by atoms with van der Waals surface area (Å²) in [5, 5.41) is 14.1. The summed E-state index contributed by atoms with van der Waals surface area (Å²) >= 11 is 3.51. The first-order chi connectivity index (χ1) is 9.13. The Morgan fingerprint density at radius 3 is 2.74 bits per heavy atom. The third kappa shape index (κ3) is 1.79. The molecule has 0 aliphatic heterocycles. The van der Waals surface area contributed by atoms with Crippen LogP contribution in [-0.4, -0.2) is 24.3 Å². The molecule has 98 valence electrons. The molecule has 5 nitrogen and oxygen atoms in total. The highest BCUT2D eigenvalue weighted by atomic mass is 79.9. The monoisotopic (exact) mass is 320 g/mol. The Kier molecular flexibility index (Phi) is 2.91. The predicted molar refractivity (Wildman–Crippen MR) is 75.4 cm³/mol. The molecule has 0 fully saturated rings. The van der Waals surface area contributed by atoms with Gasteiger partial charge in [-0.1, -0.05) is 6.07 Å². The zero-order chi connectivity index (χ0) is 13.6. The largest absolute Gasteiger partial charge is 0.390 e. The lowest BCUT2D eigenvalue weighted by Gasteiger charge is -2.03. The van der Waals surface area contributed by atoms with Gasteiger partial charge in [-0.25, -0.2) is 9.67 Å². The van der Waals surface area contributed by atoms with E-state index in [9.17, 15) is 5.11 Å². The van der Waals surface area contributed by atoms with Gasteiger partial charge in [0.2, 0.25) is 0 Å². The van der Waals surface area contributed by atoms with E-state index in [-0.39, 0.29) is 6.61 Å². The number of aliphatic hydroxyl groups is 1. The maximum absolute atomic E-state index is 9.62. The quantitative estimate of drug-likeness (QED) is 0.788. The minimum Gasteiger partial charge on any atom is -0.390 e. The van der Waals surface area contributed by atoms with Gasteiger partial charge in [-0.05, 0) is 41.9 Å². The minimum atomic E-state index is -0.0868. The number of pyridine rings is 1. The normalized spacial score (nSPS) is 11.4. The Morgan fingerprint density at radius 2 is 2.11 bits per heavy atom. The van der Waals surface area contributed by atoms with Crippen molar-refractivity contribution >= 4 is 21.6 Å². The fourth-order valence-corrected chi connectivity index (χ4v) is 2.43. The van der Waals surface area contributed by atoms with Gasteiger partial charge in [0.15, 0.2) is 5.82 Å². The molecule has 0 bridgehead atoms. The molecule has 0 atom stereocenters. The molecular formula is C13H13BrN4O. The van der Waals surface area contributed by atoms with Gasteiger partial charge in [0, 0.05) is 6.20 Å². The Balaban J connectivity index is 2.33. The maximum Gasteiger partial charge on any atom is 0.178 e. The van der Waals surface area contributed by atoms with Gasteiger partial charge in [-0.3, -0.25) is 4.40 Å². The van der Waals surface area contributed by atoms with E-state index in [1.54, 1.807) is 4.68 Å². The van der Waals surface area contributed by atoms with E-state index >= 15 is 0 Å². The number of nitrogens with zero attached hydrogens (tertiary/aromatic N) is 4. The van der Waals surface area contributed by atoms with Crippen LogP contribution in [0.3, 0.4) is 0 Å². The van der Waals surface area contributed by atoms with Gasteiger partial charge in [0.25, 0.3) is 0 Å². The van der Waals surface area contributed by atoms with E-state index < -0.39 is 0 Å². The molecular weight excluding hydrogens is 308 g/mol. The van der Waals surface area contributed by atoms with Crippen LogP contribution in [0.1, 0.15) is 17.1 Å². The molecule has 3 aromatic heterocycles. The highest BCUT2D eigenvalue weighted by Gasteiger charge is 2.17. The molecule has 0 amide bonds. The second-order valence-electron chi connectivity index (χ2n) is 4.37. The first kappa shape index (κ1) is 12.4. The highest BCUT2D eigenvalue weighted by molar-refractivity contribution is 9.10. The lowest BCUT2D eigenvalue weighted by molar-refractivity contribution is 0.275. The summed E-state index contributed by atoms with van der Waals surface area (Å²) in [7, 11) is 0. The zero-order valence-electron chi connectivity index (χ0n) is 10.6. The Morgan fingerprint density at radius 1 is 1.32 bits per heavy atom. The first-order valence-corrected chi connectivity index (χ1v) is 6.71. The van der Waals surface area contributed by atoms with Gasteiger partial charge < -0.3 is 5.11 Å². The lowest BCUT2D eigenvalue weighted by Crippen LogP contribution is -2.04. The summed E-state index contributed by atoms with van der Waals surface area (Å²) in [6, 6.07) is 5.74. The van der Waals surface area contributed by atoms with Crippen molar-refractivity contribution in [3.63, 3.8) is 0 Å². The fraction of sp³-hybridized carbons (Fsp3) is 0.231. The van der Waals surface area contributed by atoms with E-state index in [4.69, 9.17) is 0 Å². The summed E-state index contributed by atoms with van der Waals surface area (Å²) in [6.07, 6.45) is 1.89. The van der Waals surface area contributed by atoms with Crippen LogP contribution in [0.2, 0.25) is 0 Å². The molecule has 3 rings (SSSR count). The van der Waals surface area contributed by atoms with Crippen molar-refractivity contribution in [2.75, 3.05) is 0 Å². The molecule has 3 aromatic rings. The molecule has 0 saturated carbocycles. The standard InChI is InChI=1S/C13H13BrN4O/c1-8-12(14)9(2)18(16-8)13-10(7-19)17-6-4-3-5-11(17)15-13/h3-6,19H,7H2,1-2H3. The molecule has 6 heteroatoms. The molecule has 19 heavy (non-hydrogen) atoms. The SMILES string of the molecule is Cc1nn(-c2nc3ccccn3c2CO)c(C)c1Br. The molecule has 0 saturated heterocycles. The number of aromatic nitrogens is 4. The average Bonchev–Trinajstić information content (AvgIpc) is 2.91. The van der Waals surface area contributed by atoms with Crippen LogP contribution in [0.25, 0.3) is 11.5 Å². The smallest absolute Gasteiger partial charge is 0.178 e. The van der Waals surface area contributed by atoms with Crippen LogP contribution in [0.15, 0.2) is 28.9 Å². The topological polar surface area (TPSA) is 55.4 Å². The van der Waals surface area contributed by atoms with Crippen LogP contribution in [0.4, 0.5) is 0 Å². The molecule has 0 radical (unpaired) electrons. The number of imidazole rings is 1. The molecule has 1 N–H and O–H groups in total. The summed E-state index contributed by atoms with van der Waals surface area (Å²) < 4.78 is 4.60. The number of rotatable bonds is 2. The second kappa shape index (κ2) is 4.47. The van der Waals surface area contributed by atoms with Gasteiger partial charge in [-0.15, -0.1) is 0 Å². The number of hydrogen-bond acceptors (Lipinski definition) is 3. The van der Waals surface area contributed by atoms with Crippen molar-refractivity contribution in [3.05, 3.63) is 46.0 Å². The lowest BCUT2D eigenvalue weighted by atomic mass is 10.4. The average molecular weight is 321 g/mol. The van der Waals surface area contributed by atoms with Crippen LogP contribution < -0.4 is 0 Å². The summed E-state index contributed by atoms with van der Waals surface area (Å²) in [5.74, 6) is 0.667. The summed E-state index contributed by atoms with van der Waals surface area (Å²) in [5.41, 5.74) is 3.40. The number of fused-ring (bicyclic) bond motifs is 1. The fourth-order valence-electron chi connectivity index (χ4n) is 2.18. The number of aliphatic hydroxyl groups excluding tert-OH is 1. The molecule has 3 heterocycles. The van der Waals surface area contributed by atoms with Crippen molar-refractivity contribution < 1.29 is 5.11 Å². The summed E-state index contributed by atoms with van der Waals surface area (Å²) in [4.78, 5) is 4.55. The first-order valence-electron chi connectivity index (χ1n) is 5.92. The highest BCUT2D eigenvalue weighted by Crippen LogP contribution is 2.25. The Labute approximate surface area is 118 Å². The van der Waals surface area contributed by atoms with Crippen LogP contribution in [-0.2, 0) is 6.61 Å². The van der Waals surface area contributed by atoms with Crippen molar-refractivity contribution in [2.45, 2.75) is 20.5 Å². The second-order valence-corrected chi connectivity index (χ2v) is 5.16. The molecule has 0 aliphatic rings. The van der Waals surface area contributed by atoms with Crippen LogP contribution in [0.5, 0.6) is 0 Å². The van der Waals surface area contributed by atoms with Gasteiger partial charge >= 0.3 is 0 Å². The van der Waals surface area contributed by atoms with Crippen molar-refractivity contribution in [2.24, 2.45) is 0 Å². The van der Waals surface area contributed by atoms with E-state index in [0.717, 1.165) is 27.2 Å². The number of hydrogen-bond donors (Lipinski definition) is 1. The van der Waals surface area contributed by atoms with Crippen molar-refractivity contribution in [3.8, 4) is 5.82 Å². The van der Waals surface area contributed by atoms with Crippen molar-refractivity contribution in [1.82, 2.24) is 19.2 Å². The van der Waals surface area contributed by atoms with Crippen LogP contribution >= 0.6 is 15.9 Å². The van der Waals surface area contributed by atoms with Gasteiger partial charge in [0.05, 0.1) is 28.2 Å². The molecule has 0 spiro atoms. The predicted octanol–water partition coefficient (Wildman–Crippen LogP) is 2.39. The number of aryl methyl sites for hydroxylation is 1. The van der Waals surface area contributed by atoms with E-state index in [0.29, 0.717) is 5.82 Å². The molecule has 0 unspecified atom stereocenters. The Hall–Kier alpha value is -1.66. The molecule has 0 aromatic carbocycles. The minimum absolute atomic E-state index is 0.0868.